The molecule has 7 aromatic heterocycles. The number of hydrogen-bond acceptors (Lipinski definition) is 25. The van der Waals surface area contributed by atoms with E-state index >= 15 is 0 Å². The predicted molar refractivity (Wildman–Crippen MR) is 319 cm³/mol. The number of nitrogens with zero attached hydrogens (tertiary/aromatic N) is 9. The average molecular weight is 1310 g/mol. The second-order valence-corrected chi connectivity index (χ2v) is 21.4. The number of ether oxygens (including phenoxy) is 13. The fraction of sp³-hybridized carbons (Fsp3) is 0.483. The fourth-order valence-electron chi connectivity index (χ4n) is 11.2. The third kappa shape index (κ3) is 14.1. The number of aromatic amines is 2. The number of H-pyrrole nitrogens is 2. The third-order valence-corrected chi connectivity index (χ3v) is 15.6. The molecule has 0 amide bonds. The van der Waals surface area contributed by atoms with Gasteiger partial charge in [0.1, 0.15) is 65.9 Å². The molecule has 500 valence electrons. The Hall–Kier alpha value is -8.46. The number of para-hydroxylation sites is 2. The number of alkyl halides is 4. The van der Waals surface area contributed by atoms with Crippen molar-refractivity contribution in [2.75, 3.05) is 94.4 Å². The SMILES string of the molecule is COC[C@H]1O[C@@H](n2cc3c(nc2=O)Nc2ccccc2O3)[C@@H](F)C1OC.COC[C@H]1O[C@@H](n2cc3cc[nH]c3nc2=O)[C@@H](F)C1OC.COC[C@H]1O[C@@H](n2cc3ccc(=O)[nH]c3nc2=O)[C@@H](F)C1OC.COC[C@H]1O[C@@H](n2cc3ccc(N)nc3nc2=O)[C@@H](F)C1OC. The summed E-state index contributed by atoms with van der Waals surface area (Å²) in [6, 6.07) is 15.0. The second kappa shape index (κ2) is 29.7. The van der Waals surface area contributed by atoms with Crippen molar-refractivity contribution in [2.24, 2.45) is 0 Å². The molecule has 0 bridgehead atoms. The van der Waals surface area contributed by atoms with Gasteiger partial charge in [-0.1, -0.05) is 12.1 Å². The van der Waals surface area contributed by atoms with E-state index in [2.05, 4.69) is 40.2 Å². The van der Waals surface area contributed by atoms with Gasteiger partial charge in [-0.15, -0.1) is 0 Å². The van der Waals surface area contributed by atoms with Gasteiger partial charge in [0.05, 0.1) is 38.3 Å². The molecule has 12 heterocycles. The molecule has 5 aliphatic rings. The van der Waals surface area contributed by atoms with E-state index in [1.54, 1.807) is 30.5 Å². The van der Waals surface area contributed by atoms with E-state index in [1.165, 1.54) is 93.8 Å². The summed E-state index contributed by atoms with van der Waals surface area (Å²) in [5.74, 6) is 1.42. The molecule has 4 fully saturated rings. The average Bonchev–Trinajstić information content (AvgIpc) is 1.78. The fourth-order valence-corrected chi connectivity index (χ4v) is 11.2. The molecular formula is C58H67F4N13O18. The number of hydrogen-bond donors (Lipinski definition) is 4. The first kappa shape index (κ1) is 67.4. The van der Waals surface area contributed by atoms with Gasteiger partial charge in [-0.05, 0) is 36.4 Å². The molecule has 5 N–H and O–H groups in total. The van der Waals surface area contributed by atoms with Gasteiger partial charge in [-0.3, -0.25) is 23.1 Å². The highest BCUT2D eigenvalue weighted by Gasteiger charge is 2.50. The van der Waals surface area contributed by atoms with Crippen molar-refractivity contribution in [2.45, 2.75) is 98.4 Å². The Morgan fingerprint density at radius 3 is 1.38 bits per heavy atom. The molecule has 1 aromatic carbocycles. The maximum absolute atomic E-state index is 14.8. The summed E-state index contributed by atoms with van der Waals surface area (Å²) in [6.45, 7) is 0.625. The van der Waals surface area contributed by atoms with Gasteiger partial charge in [-0.2, -0.15) is 19.9 Å². The van der Waals surface area contributed by atoms with Crippen LogP contribution >= 0.6 is 0 Å². The van der Waals surface area contributed by atoms with E-state index in [1.807, 2.05) is 18.2 Å². The van der Waals surface area contributed by atoms with Crippen LogP contribution in [0.3, 0.4) is 0 Å². The van der Waals surface area contributed by atoms with Crippen LogP contribution in [0.25, 0.3) is 33.1 Å². The number of aromatic nitrogens is 11. The van der Waals surface area contributed by atoms with Crippen molar-refractivity contribution in [3.05, 3.63) is 138 Å². The Bertz CT molecular complexity index is 4200. The van der Waals surface area contributed by atoms with Crippen LogP contribution in [0, 0.1) is 0 Å². The number of nitrogen functional groups attached to an aromatic ring is 1. The van der Waals surface area contributed by atoms with Gasteiger partial charge in [0.2, 0.25) is 5.56 Å². The van der Waals surface area contributed by atoms with Crippen LogP contribution in [-0.2, 0) is 56.8 Å². The van der Waals surface area contributed by atoms with Crippen molar-refractivity contribution < 1.29 is 79.1 Å². The van der Waals surface area contributed by atoms with Crippen LogP contribution in [-0.4, -0.2) is 210 Å². The minimum absolute atomic E-state index is 0.137. The quantitative estimate of drug-likeness (QED) is 0.101. The molecule has 93 heavy (non-hydrogen) atoms. The van der Waals surface area contributed by atoms with Crippen LogP contribution in [0.1, 0.15) is 24.9 Å². The molecule has 5 aliphatic heterocycles. The highest BCUT2D eigenvalue weighted by molar-refractivity contribution is 5.76. The molecular weight excluding hydrogens is 1240 g/mol. The van der Waals surface area contributed by atoms with Crippen molar-refractivity contribution in [1.29, 1.82) is 0 Å². The summed E-state index contributed by atoms with van der Waals surface area (Å²) >= 11 is 0. The molecule has 4 saturated heterocycles. The lowest BCUT2D eigenvalue weighted by Crippen LogP contribution is -2.35. The summed E-state index contributed by atoms with van der Waals surface area (Å²) in [5.41, 5.74) is 4.08. The normalized spacial score (nSPS) is 27.7. The van der Waals surface area contributed by atoms with Crippen molar-refractivity contribution in [3.8, 4) is 11.5 Å². The number of pyridine rings is 2. The van der Waals surface area contributed by atoms with Crippen LogP contribution in [0.15, 0.2) is 110 Å². The van der Waals surface area contributed by atoms with Crippen LogP contribution in [0.2, 0.25) is 0 Å². The molecule has 0 aliphatic carbocycles. The zero-order chi connectivity index (χ0) is 66.4. The second-order valence-electron chi connectivity index (χ2n) is 21.4. The Morgan fingerprint density at radius 1 is 0.473 bits per heavy atom. The summed E-state index contributed by atoms with van der Waals surface area (Å²) in [4.78, 5) is 84.8. The molecule has 13 rings (SSSR count). The Labute approximate surface area is 523 Å². The number of rotatable bonds is 16. The number of nitrogens with two attached hydrogens (primary N) is 1. The van der Waals surface area contributed by atoms with Crippen molar-refractivity contribution >= 4 is 50.4 Å². The lowest BCUT2D eigenvalue weighted by molar-refractivity contribution is -0.0626. The molecule has 0 saturated carbocycles. The van der Waals surface area contributed by atoms with Gasteiger partial charge < -0.3 is 82.6 Å². The number of halogens is 4. The van der Waals surface area contributed by atoms with E-state index in [9.17, 15) is 41.5 Å². The van der Waals surface area contributed by atoms with E-state index in [-0.39, 0.29) is 54.9 Å². The minimum Gasteiger partial charge on any atom is -0.450 e. The van der Waals surface area contributed by atoms with E-state index in [0.29, 0.717) is 39.0 Å². The number of benzene rings is 1. The van der Waals surface area contributed by atoms with Gasteiger partial charge in [0, 0.05) is 104 Å². The van der Waals surface area contributed by atoms with Gasteiger partial charge in [-0.25, -0.2) is 41.7 Å². The van der Waals surface area contributed by atoms with Crippen LogP contribution in [0.5, 0.6) is 11.5 Å². The maximum atomic E-state index is 14.8. The topological polar surface area (TPSA) is 359 Å². The summed E-state index contributed by atoms with van der Waals surface area (Å²) in [7, 11) is 11.5. The first-order valence-corrected chi connectivity index (χ1v) is 28.6. The van der Waals surface area contributed by atoms with E-state index in [0.717, 1.165) is 18.3 Å². The first-order chi connectivity index (χ1) is 44.9. The highest BCUT2D eigenvalue weighted by atomic mass is 19.1. The molecule has 0 radical (unpaired) electrons. The maximum Gasteiger partial charge on any atom is 0.352 e. The molecule has 4 unspecified atom stereocenters. The summed E-state index contributed by atoms with van der Waals surface area (Å²) in [5, 5.41) is 4.78. The van der Waals surface area contributed by atoms with E-state index in [4.69, 9.17) is 67.3 Å². The van der Waals surface area contributed by atoms with Crippen molar-refractivity contribution in [3.63, 3.8) is 0 Å². The Kier molecular flexibility index (Phi) is 21.5. The number of methoxy groups -OCH3 is 8. The first-order valence-electron chi connectivity index (χ1n) is 28.6. The van der Waals surface area contributed by atoms with Crippen LogP contribution < -0.4 is 44.1 Å². The van der Waals surface area contributed by atoms with Crippen LogP contribution in [0.4, 0.5) is 34.9 Å². The summed E-state index contributed by atoms with van der Waals surface area (Å²) in [6.07, 6.45) is -9.00. The monoisotopic (exact) mass is 1310 g/mol. The van der Waals surface area contributed by atoms with Gasteiger partial charge >= 0.3 is 22.8 Å². The Morgan fingerprint density at radius 2 is 0.892 bits per heavy atom. The largest absolute Gasteiger partial charge is 0.450 e. The summed E-state index contributed by atoms with van der Waals surface area (Å²) < 4.78 is 132. The lowest BCUT2D eigenvalue weighted by Gasteiger charge is -2.23. The lowest BCUT2D eigenvalue weighted by atomic mass is 10.1. The minimum atomic E-state index is -1.56. The zero-order valence-electron chi connectivity index (χ0n) is 51.1. The standard InChI is InChI=1S/C17H18FN3O5.C14H17FN4O4.C14H16FN3O5.C13H16FN3O4/c1-23-8-12-14(24-2)13(18)16(26-12)21-7-11-15(20-17(21)22)19-9-5-3-4-6-10(9)25-11;1-21-6-8-11(22-2)10(15)13(23-8)19-5-7-3-4-9(16)17-12(7)18-14(19)20;1-21-6-8-11(22-2)10(15)13(23-8)18-5-7-3-4-9(19)16-12(7)17-14(18)20;1-19-6-8-10(20-2)9(14)12(21-8)17-5-7-3-4-15-11(7)16-13(17)18/h3-7,12-14,16H,8H2,1-2H3,(H,19,20,22);3-5,8,10-11,13H,6H2,1-2H3,(H2,16,17,18,20);3-5,8,10-11,13H,6H2,1-2H3,(H,16,17,19,20);3-5,8-10,12H,6H2,1-2H3,(H,15,16,18)/t12-,13+,14?,16-;2*8-,10+,11?,13-;8-,9+,10?,12-/m1111/s1. The molecule has 35 heteroatoms. The van der Waals surface area contributed by atoms with E-state index < -0.39 is 121 Å². The number of nitrogens with one attached hydrogen (secondary N) is 3. The van der Waals surface area contributed by atoms with Crippen molar-refractivity contribution in [1.82, 2.24) is 53.2 Å². The highest BCUT2D eigenvalue weighted by Crippen LogP contribution is 2.42. The molecule has 16 atom stereocenters. The Balaban J connectivity index is 0.000000136. The molecule has 0 spiro atoms. The molecule has 31 nitrogen and oxygen atoms in total. The molecule has 8 aromatic rings. The van der Waals surface area contributed by atoms with Gasteiger partial charge in [0.15, 0.2) is 72.6 Å². The third-order valence-electron chi connectivity index (χ3n) is 15.6. The number of fused-ring (bicyclic) bond motifs is 5. The smallest absolute Gasteiger partial charge is 0.352 e. The number of anilines is 3. The van der Waals surface area contributed by atoms with Gasteiger partial charge in [0.25, 0.3) is 0 Å². The predicted octanol–water partition coefficient (Wildman–Crippen LogP) is 2.86. The zero-order valence-corrected chi connectivity index (χ0v) is 51.1.